The number of nitrogens with zero attached hydrogens (tertiary/aromatic N) is 3. The zero-order chi connectivity index (χ0) is 20.2. The summed E-state index contributed by atoms with van der Waals surface area (Å²) in [5, 5.41) is 9.66. The molecule has 0 aliphatic carbocycles. The molecule has 0 bridgehead atoms. The standard InChI is InChI=1S/C23H21N3O3/c27-22(12-11-17-7-3-1-4-8-17)26-15-21-19(13-20(26)23(28)29)24-16-25(21)14-18-9-5-2-6-10-18/h1-12,16,20H,13-15H2,(H,28,29). The summed E-state index contributed by atoms with van der Waals surface area (Å²) >= 11 is 0. The lowest BCUT2D eigenvalue weighted by Gasteiger charge is -2.32. The molecule has 0 fully saturated rings. The van der Waals surface area contributed by atoms with Crippen LogP contribution in [0.1, 0.15) is 22.5 Å². The molecule has 3 aromatic rings. The van der Waals surface area contributed by atoms with Gasteiger partial charge in [0.15, 0.2) is 0 Å². The first-order valence-electron chi connectivity index (χ1n) is 9.45. The Labute approximate surface area is 168 Å². The molecule has 2 heterocycles. The van der Waals surface area contributed by atoms with Crippen molar-refractivity contribution in [1.82, 2.24) is 14.5 Å². The largest absolute Gasteiger partial charge is 0.480 e. The van der Waals surface area contributed by atoms with E-state index in [2.05, 4.69) is 4.98 Å². The summed E-state index contributed by atoms with van der Waals surface area (Å²) in [5.41, 5.74) is 3.63. The maximum atomic E-state index is 12.8. The number of benzene rings is 2. The van der Waals surface area contributed by atoms with E-state index < -0.39 is 12.0 Å². The van der Waals surface area contributed by atoms with Crippen LogP contribution < -0.4 is 0 Å². The van der Waals surface area contributed by atoms with Crippen molar-refractivity contribution in [1.29, 1.82) is 0 Å². The number of fused-ring (bicyclic) bond motifs is 1. The first-order chi connectivity index (χ1) is 14.1. The van der Waals surface area contributed by atoms with Gasteiger partial charge in [-0.1, -0.05) is 60.7 Å². The SMILES string of the molecule is O=C(O)C1Cc2ncn(Cc3ccccc3)c2CN1C(=O)C=Cc1ccccc1. The van der Waals surface area contributed by atoms with Crippen molar-refractivity contribution in [2.75, 3.05) is 0 Å². The Morgan fingerprint density at radius 1 is 1.07 bits per heavy atom. The minimum atomic E-state index is -1.02. The molecular weight excluding hydrogens is 366 g/mol. The van der Waals surface area contributed by atoms with Gasteiger partial charge in [0.05, 0.1) is 24.3 Å². The highest BCUT2D eigenvalue weighted by Crippen LogP contribution is 2.24. The molecule has 6 heteroatoms. The Bertz CT molecular complexity index is 1040. The predicted molar refractivity (Wildman–Crippen MR) is 109 cm³/mol. The third-order valence-electron chi connectivity index (χ3n) is 5.10. The molecule has 0 saturated carbocycles. The summed E-state index contributed by atoms with van der Waals surface area (Å²) < 4.78 is 1.99. The maximum Gasteiger partial charge on any atom is 0.326 e. The zero-order valence-corrected chi connectivity index (χ0v) is 15.8. The lowest BCUT2D eigenvalue weighted by Crippen LogP contribution is -2.48. The number of rotatable bonds is 5. The Morgan fingerprint density at radius 3 is 2.45 bits per heavy atom. The Hall–Kier alpha value is -3.67. The minimum Gasteiger partial charge on any atom is -0.480 e. The number of amides is 1. The molecule has 0 saturated heterocycles. The molecule has 4 rings (SSSR count). The minimum absolute atomic E-state index is 0.206. The van der Waals surface area contributed by atoms with Crippen LogP contribution in [0, 0.1) is 0 Å². The number of aliphatic carboxylic acids is 1. The van der Waals surface area contributed by atoms with E-state index in [4.69, 9.17) is 0 Å². The van der Waals surface area contributed by atoms with Gasteiger partial charge >= 0.3 is 5.97 Å². The molecular formula is C23H21N3O3. The van der Waals surface area contributed by atoms with Crippen LogP contribution in [0.5, 0.6) is 0 Å². The van der Waals surface area contributed by atoms with Gasteiger partial charge in [0.2, 0.25) is 5.91 Å². The molecule has 2 aromatic carbocycles. The van der Waals surface area contributed by atoms with Gasteiger partial charge < -0.3 is 14.6 Å². The Morgan fingerprint density at radius 2 is 1.76 bits per heavy atom. The fourth-order valence-electron chi connectivity index (χ4n) is 3.56. The molecule has 0 radical (unpaired) electrons. The van der Waals surface area contributed by atoms with Crippen LogP contribution in [0.15, 0.2) is 73.1 Å². The van der Waals surface area contributed by atoms with Crippen molar-refractivity contribution in [3.8, 4) is 0 Å². The first-order valence-corrected chi connectivity index (χ1v) is 9.45. The molecule has 1 aliphatic rings. The van der Waals surface area contributed by atoms with Crippen LogP contribution in [-0.4, -0.2) is 37.5 Å². The fourth-order valence-corrected chi connectivity index (χ4v) is 3.56. The average molecular weight is 387 g/mol. The van der Waals surface area contributed by atoms with Crippen molar-refractivity contribution < 1.29 is 14.7 Å². The highest BCUT2D eigenvalue weighted by atomic mass is 16.4. The molecule has 1 aromatic heterocycles. The van der Waals surface area contributed by atoms with Gasteiger partial charge in [-0.15, -0.1) is 0 Å². The van der Waals surface area contributed by atoms with Crippen LogP contribution in [0.2, 0.25) is 0 Å². The van der Waals surface area contributed by atoms with Gasteiger partial charge in [-0.05, 0) is 17.2 Å². The number of carbonyl (C=O) groups is 2. The van der Waals surface area contributed by atoms with Gasteiger partial charge in [-0.2, -0.15) is 0 Å². The normalized spacial score (nSPS) is 16.0. The van der Waals surface area contributed by atoms with Crippen LogP contribution in [0.25, 0.3) is 6.08 Å². The lowest BCUT2D eigenvalue weighted by atomic mass is 10.0. The summed E-state index contributed by atoms with van der Waals surface area (Å²) in [6.45, 7) is 0.847. The molecule has 1 aliphatic heterocycles. The third kappa shape index (κ3) is 4.11. The van der Waals surface area contributed by atoms with E-state index in [0.29, 0.717) is 6.54 Å². The molecule has 1 atom stereocenters. The fraction of sp³-hybridized carbons (Fsp3) is 0.174. The van der Waals surface area contributed by atoms with Crippen LogP contribution >= 0.6 is 0 Å². The van der Waals surface area contributed by atoms with E-state index >= 15 is 0 Å². The van der Waals surface area contributed by atoms with Crippen molar-refractivity contribution in [3.63, 3.8) is 0 Å². The maximum absolute atomic E-state index is 12.8. The van der Waals surface area contributed by atoms with Crippen LogP contribution in [-0.2, 0) is 29.1 Å². The number of imidazole rings is 1. The van der Waals surface area contributed by atoms with Gasteiger partial charge in [0.1, 0.15) is 6.04 Å². The molecule has 1 amide bonds. The van der Waals surface area contributed by atoms with Gasteiger partial charge in [-0.25, -0.2) is 9.78 Å². The Balaban J connectivity index is 1.58. The van der Waals surface area contributed by atoms with E-state index in [0.717, 1.165) is 22.5 Å². The molecule has 1 unspecified atom stereocenters. The van der Waals surface area contributed by atoms with Crippen LogP contribution in [0.3, 0.4) is 0 Å². The predicted octanol–water partition coefficient (Wildman–Crippen LogP) is 2.98. The van der Waals surface area contributed by atoms with E-state index in [1.165, 1.54) is 11.0 Å². The highest BCUT2D eigenvalue weighted by Gasteiger charge is 2.36. The van der Waals surface area contributed by atoms with Crippen molar-refractivity contribution in [3.05, 3.63) is 95.6 Å². The van der Waals surface area contributed by atoms with Gasteiger partial charge in [-0.3, -0.25) is 4.79 Å². The number of aromatic nitrogens is 2. The average Bonchev–Trinajstić information content (AvgIpc) is 3.14. The van der Waals surface area contributed by atoms with Gasteiger partial charge in [0, 0.05) is 19.0 Å². The molecule has 1 N–H and O–H groups in total. The van der Waals surface area contributed by atoms with Crippen molar-refractivity contribution in [2.24, 2.45) is 0 Å². The Kier molecular flexibility index (Phi) is 5.24. The summed E-state index contributed by atoms with van der Waals surface area (Å²) in [6, 6.07) is 18.5. The van der Waals surface area contributed by atoms with E-state index in [1.54, 1.807) is 12.4 Å². The molecule has 29 heavy (non-hydrogen) atoms. The zero-order valence-electron chi connectivity index (χ0n) is 15.8. The first kappa shape index (κ1) is 18.7. The topological polar surface area (TPSA) is 75.4 Å². The third-order valence-corrected chi connectivity index (χ3v) is 5.10. The number of hydrogen-bond acceptors (Lipinski definition) is 3. The molecule has 146 valence electrons. The summed E-state index contributed by atoms with van der Waals surface area (Å²) in [7, 11) is 0. The van der Waals surface area contributed by atoms with Crippen molar-refractivity contribution in [2.45, 2.75) is 25.6 Å². The lowest BCUT2D eigenvalue weighted by molar-refractivity contribution is -0.149. The van der Waals surface area contributed by atoms with E-state index in [9.17, 15) is 14.7 Å². The monoisotopic (exact) mass is 387 g/mol. The van der Waals surface area contributed by atoms with Crippen molar-refractivity contribution >= 4 is 18.0 Å². The summed E-state index contributed by atoms with van der Waals surface area (Å²) in [4.78, 5) is 30.5. The quantitative estimate of drug-likeness (QED) is 0.683. The second-order valence-electron chi connectivity index (χ2n) is 7.02. The van der Waals surface area contributed by atoms with E-state index in [-0.39, 0.29) is 18.9 Å². The smallest absolute Gasteiger partial charge is 0.326 e. The second-order valence-corrected chi connectivity index (χ2v) is 7.02. The number of carboxylic acid groups (broad SMARTS) is 1. The molecule has 0 spiro atoms. The summed E-state index contributed by atoms with van der Waals surface area (Å²) in [5.74, 6) is -1.34. The van der Waals surface area contributed by atoms with E-state index in [1.807, 2.05) is 65.2 Å². The summed E-state index contributed by atoms with van der Waals surface area (Å²) in [6.07, 6.45) is 5.08. The van der Waals surface area contributed by atoms with Gasteiger partial charge in [0.25, 0.3) is 0 Å². The van der Waals surface area contributed by atoms with Crippen LogP contribution in [0.4, 0.5) is 0 Å². The molecule has 6 nitrogen and oxygen atoms in total. The number of hydrogen-bond donors (Lipinski definition) is 1. The number of carbonyl (C=O) groups excluding carboxylic acids is 1. The highest BCUT2D eigenvalue weighted by molar-refractivity contribution is 5.94. The number of carboxylic acids is 1. The second kappa shape index (κ2) is 8.14.